The molecule has 0 spiro atoms. The van der Waals surface area contributed by atoms with Gasteiger partial charge in [-0.15, -0.1) is 0 Å². The molecule has 0 aromatic heterocycles. The highest BCUT2D eigenvalue weighted by molar-refractivity contribution is 5.95. The van der Waals surface area contributed by atoms with Gasteiger partial charge < -0.3 is 14.6 Å². The molecule has 2 aromatic carbocycles. The number of benzene rings is 2. The molecule has 1 aliphatic heterocycles. The number of hydrogen-bond acceptors (Lipinski definition) is 3. The van der Waals surface area contributed by atoms with Crippen LogP contribution in [0.1, 0.15) is 11.1 Å². The molecule has 3 rings (SSSR count). The molecular weight excluding hydrogens is 356 g/mol. The Balaban J connectivity index is 1.95. The minimum atomic E-state index is -4.88. The van der Waals surface area contributed by atoms with Crippen molar-refractivity contribution in [2.45, 2.75) is 19.2 Å². The summed E-state index contributed by atoms with van der Waals surface area (Å²) >= 11 is 0. The van der Waals surface area contributed by atoms with Crippen LogP contribution in [-0.4, -0.2) is 23.4 Å². The first-order valence-corrected chi connectivity index (χ1v) is 7.41. The van der Waals surface area contributed by atoms with Crippen LogP contribution >= 0.6 is 0 Å². The van der Waals surface area contributed by atoms with Crippen LogP contribution in [0.4, 0.5) is 17.6 Å². The third-order valence-corrected chi connectivity index (χ3v) is 3.73. The van der Waals surface area contributed by atoms with Crippen molar-refractivity contribution in [2.24, 2.45) is 0 Å². The second-order valence-corrected chi connectivity index (χ2v) is 5.66. The fourth-order valence-corrected chi connectivity index (χ4v) is 2.50. The van der Waals surface area contributed by atoms with Crippen LogP contribution in [0.25, 0.3) is 6.08 Å². The zero-order valence-corrected chi connectivity index (χ0v) is 13.3. The molecule has 0 bridgehead atoms. The predicted octanol–water partition coefficient (Wildman–Crippen LogP) is 4.72. The van der Waals surface area contributed by atoms with E-state index in [0.717, 1.165) is 6.08 Å². The van der Waals surface area contributed by atoms with Crippen LogP contribution in [0.2, 0.25) is 0 Å². The van der Waals surface area contributed by atoms with Crippen molar-refractivity contribution in [2.75, 3.05) is 0 Å². The van der Waals surface area contributed by atoms with Gasteiger partial charge in [0.2, 0.25) is 6.10 Å². The van der Waals surface area contributed by atoms with E-state index < -0.39 is 29.6 Å². The highest BCUT2D eigenvalue weighted by Crippen LogP contribution is 2.39. The Bertz CT molecular complexity index is 903. The van der Waals surface area contributed by atoms with Gasteiger partial charge in [0.1, 0.15) is 23.1 Å². The van der Waals surface area contributed by atoms with Crippen molar-refractivity contribution < 1.29 is 36.9 Å². The summed E-state index contributed by atoms with van der Waals surface area (Å²) in [7, 11) is 0. The number of alkyl halides is 3. The van der Waals surface area contributed by atoms with Crippen LogP contribution in [-0.2, 0) is 4.79 Å². The van der Waals surface area contributed by atoms with Gasteiger partial charge in [-0.05, 0) is 48.9 Å². The van der Waals surface area contributed by atoms with Crippen molar-refractivity contribution in [3.8, 4) is 17.2 Å². The van der Waals surface area contributed by atoms with Gasteiger partial charge >= 0.3 is 12.1 Å². The standard InChI is InChI=1S/C18H12F4O4/c1-9-6-11(19)3-5-14(9)25-12-4-2-10-7-13(17(23)24)16(18(20,21)22)26-15(10)8-12/h2-8,16H,1H3,(H,23,24). The zero-order chi connectivity index (χ0) is 19.1. The van der Waals surface area contributed by atoms with Gasteiger partial charge in [0.05, 0.1) is 5.57 Å². The van der Waals surface area contributed by atoms with Crippen LogP contribution in [0, 0.1) is 12.7 Å². The van der Waals surface area contributed by atoms with E-state index in [1.807, 2.05) is 0 Å². The largest absolute Gasteiger partial charge is 0.478 e. The first kappa shape index (κ1) is 17.8. The van der Waals surface area contributed by atoms with E-state index in [1.54, 1.807) is 6.92 Å². The number of aliphatic carboxylic acids is 1. The predicted molar refractivity (Wildman–Crippen MR) is 83.7 cm³/mol. The lowest BCUT2D eigenvalue weighted by atomic mass is 10.0. The summed E-state index contributed by atoms with van der Waals surface area (Å²) in [5.41, 5.74) is -0.205. The number of fused-ring (bicyclic) bond motifs is 1. The molecule has 1 aliphatic rings. The molecule has 0 fully saturated rings. The number of carboxylic acids is 1. The van der Waals surface area contributed by atoms with Crippen LogP contribution in [0.3, 0.4) is 0 Å². The van der Waals surface area contributed by atoms with E-state index in [4.69, 9.17) is 14.6 Å². The van der Waals surface area contributed by atoms with Gasteiger partial charge in [0.15, 0.2) is 0 Å². The lowest BCUT2D eigenvalue weighted by molar-refractivity contribution is -0.187. The molecule has 0 saturated carbocycles. The Kier molecular flexibility index (Phi) is 4.35. The smallest absolute Gasteiger partial charge is 0.430 e. The zero-order valence-electron chi connectivity index (χ0n) is 13.3. The second-order valence-electron chi connectivity index (χ2n) is 5.66. The third-order valence-electron chi connectivity index (χ3n) is 3.73. The number of ether oxygens (including phenoxy) is 2. The Morgan fingerprint density at radius 3 is 2.54 bits per heavy atom. The average Bonchev–Trinajstić information content (AvgIpc) is 2.55. The molecule has 1 heterocycles. The summed E-state index contributed by atoms with van der Waals surface area (Å²) in [5, 5.41) is 9.00. The van der Waals surface area contributed by atoms with Gasteiger partial charge in [-0.2, -0.15) is 13.2 Å². The number of hydrogen-bond donors (Lipinski definition) is 1. The van der Waals surface area contributed by atoms with E-state index >= 15 is 0 Å². The molecule has 0 aliphatic carbocycles. The number of rotatable bonds is 3. The topological polar surface area (TPSA) is 55.8 Å². The minimum Gasteiger partial charge on any atom is -0.478 e. The maximum absolute atomic E-state index is 13.1. The molecule has 1 atom stereocenters. The maximum atomic E-state index is 13.1. The molecule has 8 heteroatoms. The summed E-state index contributed by atoms with van der Waals surface area (Å²) in [4.78, 5) is 11.1. The molecule has 2 aromatic rings. The molecule has 1 unspecified atom stereocenters. The average molecular weight is 368 g/mol. The Labute approximate surface area is 145 Å². The first-order valence-electron chi connectivity index (χ1n) is 7.41. The van der Waals surface area contributed by atoms with Gasteiger partial charge in [-0.1, -0.05) is 0 Å². The normalized spacial score (nSPS) is 16.3. The molecule has 1 N–H and O–H groups in total. The maximum Gasteiger partial charge on any atom is 0.430 e. The quantitative estimate of drug-likeness (QED) is 0.797. The monoisotopic (exact) mass is 368 g/mol. The number of aryl methyl sites for hydroxylation is 1. The van der Waals surface area contributed by atoms with E-state index in [2.05, 4.69) is 0 Å². The van der Waals surface area contributed by atoms with Crippen molar-refractivity contribution in [3.63, 3.8) is 0 Å². The molecule has 0 saturated heterocycles. The van der Waals surface area contributed by atoms with E-state index in [-0.39, 0.29) is 17.1 Å². The SMILES string of the molecule is Cc1cc(F)ccc1Oc1ccc2c(c1)OC(C(F)(F)F)C(C(=O)O)=C2. The highest BCUT2D eigenvalue weighted by Gasteiger charge is 2.48. The highest BCUT2D eigenvalue weighted by atomic mass is 19.4. The number of carboxylic acid groups (broad SMARTS) is 1. The molecule has 136 valence electrons. The van der Waals surface area contributed by atoms with Gasteiger partial charge in [0.25, 0.3) is 0 Å². The third kappa shape index (κ3) is 3.49. The number of halogens is 4. The van der Waals surface area contributed by atoms with Crippen LogP contribution < -0.4 is 9.47 Å². The van der Waals surface area contributed by atoms with Crippen LogP contribution in [0.15, 0.2) is 42.0 Å². The summed E-state index contributed by atoms with van der Waals surface area (Å²) in [6.45, 7) is 1.62. The molecule has 0 amide bonds. The second kappa shape index (κ2) is 6.36. The Morgan fingerprint density at radius 1 is 1.19 bits per heavy atom. The summed E-state index contributed by atoms with van der Waals surface area (Å²) in [6.07, 6.45) is -6.53. The summed E-state index contributed by atoms with van der Waals surface area (Å²) in [5.74, 6) is -1.80. The van der Waals surface area contributed by atoms with E-state index in [1.165, 1.54) is 36.4 Å². The lowest BCUT2D eigenvalue weighted by Crippen LogP contribution is -2.40. The fraction of sp³-hybridized carbons (Fsp3) is 0.167. The molecule has 26 heavy (non-hydrogen) atoms. The lowest BCUT2D eigenvalue weighted by Gasteiger charge is -2.27. The van der Waals surface area contributed by atoms with Crippen molar-refractivity contribution in [1.82, 2.24) is 0 Å². The van der Waals surface area contributed by atoms with Crippen molar-refractivity contribution >= 4 is 12.0 Å². The fourth-order valence-electron chi connectivity index (χ4n) is 2.50. The van der Waals surface area contributed by atoms with Crippen LogP contribution in [0.5, 0.6) is 17.2 Å². The van der Waals surface area contributed by atoms with E-state index in [0.29, 0.717) is 11.3 Å². The van der Waals surface area contributed by atoms with Gasteiger partial charge in [-0.3, -0.25) is 0 Å². The molecular formula is C18H12F4O4. The van der Waals surface area contributed by atoms with Crippen molar-refractivity contribution in [3.05, 3.63) is 58.9 Å². The Morgan fingerprint density at radius 2 is 1.92 bits per heavy atom. The van der Waals surface area contributed by atoms with Gasteiger partial charge in [-0.25, -0.2) is 9.18 Å². The first-order chi connectivity index (χ1) is 12.1. The molecule has 0 radical (unpaired) electrons. The van der Waals surface area contributed by atoms with Gasteiger partial charge in [0, 0.05) is 11.6 Å². The van der Waals surface area contributed by atoms with E-state index in [9.17, 15) is 22.4 Å². The van der Waals surface area contributed by atoms with Crippen molar-refractivity contribution in [1.29, 1.82) is 0 Å². The minimum absolute atomic E-state index is 0.158. The number of carbonyl (C=O) groups is 1. The summed E-state index contributed by atoms with van der Waals surface area (Å²) in [6, 6.07) is 7.91. The molecule has 4 nitrogen and oxygen atoms in total. The Hall–Kier alpha value is -3.03. The summed E-state index contributed by atoms with van der Waals surface area (Å²) < 4.78 is 62.8.